The molecule has 0 aromatic rings. The molecule has 0 N–H and O–H groups in total. The average molecular weight is 373 g/mol. The van der Waals surface area contributed by atoms with Crippen molar-refractivity contribution in [3.63, 3.8) is 0 Å². The normalized spacial score (nSPS) is 13.3. The van der Waals surface area contributed by atoms with Gasteiger partial charge in [0.2, 0.25) is 0 Å². The molecule has 0 aliphatic heterocycles. The molecule has 0 saturated heterocycles. The van der Waals surface area contributed by atoms with Crippen molar-refractivity contribution in [2.24, 2.45) is 0 Å². The lowest BCUT2D eigenvalue weighted by Crippen LogP contribution is -2.44. The van der Waals surface area contributed by atoms with Crippen LogP contribution >= 0.6 is 0 Å². The Morgan fingerprint density at radius 3 is 1.64 bits per heavy atom. The van der Waals surface area contributed by atoms with Gasteiger partial charge in [-0.1, -0.05) is 98.8 Å². The van der Waals surface area contributed by atoms with Crippen LogP contribution in [0.3, 0.4) is 0 Å². The van der Waals surface area contributed by atoms with E-state index in [2.05, 4.69) is 34.6 Å². The number of rotatable bonds is 19. The van der Waals surface area contributed by atoms with E-state index in [9.17, 15) is 0 Å². The molecule has 0 aromatic carbocycles. The molecule has 152 valence electrons. The highest BCUT2D eigenvalue weighted by Crippen LogP contribution is 2.24. The van der Waals surface area contributed by atoms with Gasteiger partial charge in [-0.25, -0.2) is 0 Å². The molecule has 0 bridgehead atoms. The first-order valence-electron chi connectivity index (χ1n) is 11.5. The summed E-state index contributed by atoms with van der Waals surface area (Å²) in [7, 11) is -1.97. The fraction of sp³-hybridized carbons (Fsp3) is 1.00. The Kier molecular flexibility index (Phi) is 17.6. The minimum Gasteiger partial charge on any atom is -0.394 e. The molecule has 1 unspecified atom stereocenters. The number of unbranched alkanes of at least 4 members (excludes halogenated alkanes) is 9. The topological polar surface area (TPSA) is 18.5 Å². The van der Waals surface area contributed by atoms with Gasteiger partial charge in [0.15, 0.2) is 0 Å². The lowest BCUT2D eigenvalue weighted by Gasteiger charge is -2.33. The molecule has 0 aliphatic carbocycles. The summed E-state index contributed by atoms with van der Waals surface area (Å²) in [6.45, 7) is 12.2. The van der Waals surface area contributed by atoms with Crippen LogP contribution in [0.5, 0.6) is 0 Å². The molecular weight excluding hydrogens is 324 g/mol. The third-order valence-electron chi connectivity index (χ3n) is 5.41. The molecule has 0 fully saturated rings. The van der Waals surface area contributed by atoms with Gasteiger partial charge in [-0.2, -0.15) is 0 Å². The summed E-state index contributed by atoms with van der Waals surface area (Å²) >= 11 is 0. The Balaban J connectivity index is 3.94. The van der Waals surface area contributed by atoms with Crippen molar-refractivity contribution in [1.29, 1.82) is 0 Å². The largest absolute Gasteiger partial charge is 0.394 e. The van der Waals surface area contributed by atoms with Crippen LogP contribution in [0, 0.1) is 0 Å². The van der Waals surface area contributed by atoms with Gasteiger partial charge < -0.3 is 8.85 Å². The summed E-state index contributed by atoms with van der Waals surface area (Å²) in [6.07, 6.45) is 17.6. The number of hydrogen-bond acceptors (Lipinski definition) is 2. The molecule has 0 spiro atoms. The molecule has 0 amide bonds. The second-order valence-electron chi connectivity index (χ2n) is 7.59. The van der Waals surface area contributed by atoms with E-state index >= 15 is 0 Å². The van der Waals surface area contributed by atoms with Gasteiger partial charge in [0.25, 0.3) is 0 Å². The van der Waals surface area contributed by atoms with Crippen molar-refractivity contribution >= 4 is 8.56 Å². The molecule has 3 heteroatoms. The van der Waals surface area contributed by atoms with E-state index in [1.54, 1.807) is 0 Å². The molecular formula is C22H48O2Si. The lowest BCUT2D eigenvalue weighted by atomic mass is 10.1. The fourth-order valence-corrected chi connectivity index (χ4v) is 6.13. The molecule has 0 saturated carbocycles. The Labute approximate surface area is 160 Å². The van der Waals surface area contributed by atoms with E-state index in [0.29, 0.717) is 6.10 Å². The van der Waals surface area contributed by atoms with Crippen LogP contribution in [0.4, 0.5) is 0 Å². The van der Waals surface area contributed by atoms with Gasteiger partial charge in [-0.05, 0) is 31.4 Å². The Hall–Kier alpha value is 0.137. The van der Waals surface area contributed by atoms with Crippen LogP contribution in [-0.2, 0) is 8.85 Å². The van der Waals surface area contributed by atoms with E-state index in [1.165, 1.54) is 77.0 Å². The molecule has 0 rings (SSSR count). The third kappa shape index (κ3) is 13.0. The quantitative estimate of drug-likeness (QED) is 0.169. The van der Waals surface area contributed by atoms with Crippen molar-refractivity contribution in [1.82, 2.24) is 0 Å². The van der Waals surface area contributed by atoms with Crippen LogP contribution in [0.2, 0.25) is 12.1 Å². The molecule has 0 radical (unpaired) electrons. The summed E-state index contributed by atoms with van der Waals surface area (Å²) in [4.78, 5) is 0. The Morgan fingerprint density at radius 2 is 1.16 bits per heavy atom. The van der Waals surface area contributed by atoms with Gasteiger partial charge in [0.1, 0.15) is 0 Å². The van der Waals surface area contributed by atoms with Gasteiger partial charge in [-0.15, -0.1) is 0 Å². The summed E-state index contributed by atoms with van der Waals surface area (Å²) in [5, 5.41) is 0. The summed E-state index contributed by atoms with van der Waals surface area (Å²) < 4.78 is 13.0. The lowest BCUT2D eigenvalue weighted by molar-refractivity contribution is 0.101. The summed E-state index contributed by atoms with van der Waals surface area (Å²) in [5.74, 6) is 0. The highest BCUT2D eigenvalue weighted by Gasteiger charge is 2.35. The van der Waals surface area contributed by atoms with Crippen LogP contribution in [0.15, 0.2) is 0 Å². The Bertz CT molecular complexity index is 267. The monoisotopic (exact) mass is 372 g/mol. The van der Waals surface area contributed by atoms with E-state index in [0.717, 1.165) is 25.1 Å². The van der Waals surface area contributed by atoms with Crippen LogP contribution in [-0.4, -0.2) is 21.3 Å². The van der Waals surface area contributed by atoms with Crippen molar-refractivity contribution in [3.8, 4) is 0 Å². The first kappa shape index (κ1) is 25.1. The van der Waals surface area contributed by atoms with Crippen molar-refractivity contribution < 1.29 is 8.85 Å². The maximum absolute atomic E-state index is 6.59. The zero-order chi connectivity index (χ0) is 18.8. The third-order valence-corrected chi connectivity index (χ3v) is 9.05. The molecule has 2 nitrogen and oxygen atoms in total. The highest BCUT2D eigenvalue weighted by molar-refractivity contribution is 6.67. The van der Waals surface area contributed by atoms with Crippen molar-refractivity contribution in [3.05, 3.63) is 0 Å². The molecule has 1 atom stereocenters. The van der Waals surface area contributed by atoms with Gasteiger partial charge in [0, 0.05) is 12.7 Å². The maximum atomic E-state index is 6.59. The van der Waals surface area contributed by atoms with E-state index in [1.807, 2.05) is 0 Å². The predicted molar refractivity (Wildman–Crippen MR) is 115 cm³/mol. The first-order valence-corrected chi connectivity index (χ1v) is 13.7. The van der Waals surface area contributed by atoms with Crippen LogP contribution < -0.4 is 0 Å². The second kappa shape index (κ2) is 17.5. The van der Waals surface area contributed by atoms with E-state index < -0.39 is 8.56 Å². The smallest absolute Gasteiger partial charge is 0.337 e. The summed E-state index contributed by atoms with van der Waals surface area (Å²) in [6, 6.07) is 2.17. The standard InChI is InChI=1S/C22H48O2Si/c1-6-11-13-14-15-16-17-18-19-21-23-25(9-4,10-5)24-22(8-3)20-12-7-2/h22H,6-21H2,1-5H3. The summed E-state index contributed by atoms with van der Waals surface area (Å²) in [5.41, 5.74) is 0. The molecule has 0 aromatic heterocycles. The van der Waals surface area contributed by atoms with Crippen LogP contribution in [0.1, 0.15) is 118 Å². The van der Waals surface area contributed by atoms with Gasteiger partial charge in [-0.3, -0.25) is 0 Å². The van der Waals surface area contributed by atoms with Crippen molar-refractivity contribution in [2.75, 3.05) is 6.61 Å². The van der Waals surface area contributed by atoms with Gasteiger partial charge >= 0.3 is 8.56 Å². The van der Waals surface area contributed by atoms with Crippen molar-refractivity contribution in [2.45, 2.75) is 136 Å². The minimum atomic E-state index is -1.97. The SMILES string of the molecule is CCCCCCCCCCCO[Si](CC)(CC)OC(CC)CCCC. The highest BCUT2D eigenvalue weighted by atomic mass is 28.4. The van der Waals surface area contributed by atoms with E-state index in [-0.39, 0.29) is 0 Å². The first-order chi connectivity index (χ1) is 12.2. The zero-order valence-corrected chi connectivity index (χ0v) is 19.2. The van der Waals surface area contributed by atoms with Crippen LogP contribution in [0.25, 0.3) is 0 Å². The number of hydrogen-bond donors (Lipinski definition) is 0. The van der Waals surface area contributed by atoms with E-state index in [4.69, 9.17) is 8.85 Å². The minimum absolute atomic E-state index is 0.412. The maximum Gasteiger partial charge on any atom is 0.337 e. The second-order valence-corrected chi connectivity index (χ2v) is 11.3. The molecule has 0 heterocycles. The Morgan fingerprint density at radius 1 is 0.640 bits per heavy atom. The predicted octanol–water partition coefficient (Wildman–Crippen LogP) is 8.00. The van der Waals surface area contributed by atoms with Gasteiger partial charge in [0.05, 0.1) is 0 Å². The molecule has 0 aliphatic rings. The molecule has 25 heavy (non-hydrogen) atoms. The zero-order valence-electron chi connectivity index (χ0n) is 18.2. The fourth-order valence-electron chi connectivity index (χ4n) is 3.41. The average Bonchev–Trinajstić information content (AvgIpc) is 2.65.